The van der Waals surface area contributed by atoms with Gasteiger partial charge in [0.05, 0.1) is 12.6 Å². The molecule has 5 heteroatoms. The molecule has 0 saturated carbocycles. The highest BCUT2D eigenvalue weighted by atomic mass is 79.9. The van der Waals surface area contributed by atoms with Crippen molar-refractivity contribution in [2.45, 2.75) is 25.9 Å². The molecule has 1 aromatic heterocycles. The van der Waals surface area contributed by atoms with Crippen molar-refractivity contribution in [2.75, 3.05) is 13.1 Å². The van der Waals surface area contributed by atoms with Crippen molar-refractivity contribution in [1.29, 1.82) is 0 Å². The number of nitrogens with one attached hydrogen (secondary N) is 1. The lowest BCUT2D eigenvalue weighted by Crippen LogP contribution is -2.41. The van der Waals surface area contributed by atoms with Gasteiger partial charge >= 0.3 is 0 Å². The Kier molecular flexibility index (Phi) is 4.00. The van der Waals surface area contributed by atoms with E-state index < -0.39 is 0 Å². The SMILES string of the molecule is CC1NCCCN(Cc2sccc2Br)C1=O. The second-order valence-corrected chi connectivity index (χ2v) is 5.84. The van der Waals surface area contributed by atoms with Crippen LogP contribution in [-0.4, -0.2) is 29.9 Å². The Morgan fingerprint density at radius 1 is 1.69 bits per heavy atom. The van der Waals surface area contributed by atoms with E-state index in [1.807, 2.05) is 23.3 Å². The fourth-order valence-electron chi connectivity index (χ4n) is 1.83. The molecule has 1 amide bonds. The summed E-state index contributed by atoms with van der Waals surface area (Å²) in [5, 5.41) is 5.26. The highest BCUT2D eigenvalue weighted by Gasteiger charge is 2.23. The minimum absolute atomic E-state index is 0.0544. The monoisotopic (exact) mass is 302 g/mol. The Bertz CT molecular complexity index is 380. The van der Waals surface area contributed by atoms with E-state index in [4.69, 9.17) is 0 Å². The van der Waals surface area contributed by atoms with E-state index in [1.54, 1.807) is 11.3 Å². The normalized spacial score (nSPS) is 22.2. The molecular weight excluding hydrogens is 288 g/mol. The number of carbonyl (C=O) groups excluding carboxylic acids is 1. The predicted octanol–water partition coefficient (Wildman–Crippen LogP) is 2.22. The zero-order valence-electron chi connectivity index (χ0n) is 9.20. The number of rotatable bonds is 2. The van der Waals surface area contributed by atoms with Crippen LogP contribution in [0.5, 0.6) is 0 Å². The molecule has 1 atom stereocenters. The van der Waals surface area contributed by atoms with Crippen LogP contribution in [0.15, 0.2) is 15.9 Å². The van der Waals surface area contributed by atoms with Gasteiger partial charge in [0.15, 0.2) is 0 Å². The second kappa shape index (κ2) is 5.29. The molecule has 3 nitrogen and oxygen atoms in total. The van der Waals surface area contributed by atoms with Crippen LogP contribution in [0, 0.1) is 0 Å². The van der Waals surface area contributed by atoms with Crippen molar-refractivity contribution in [1.82, 2.24) is 10.2 Å². The lowest BCUT2D eigenvalue weighted by Gasteiger charge is -2.22. The van der Waals surface area contributed by atoms with Crippen molar-refractivity contribution in [2.24, 2.45) is 0 Å². The van der Waals surface area contributed by atoms with Gasteiger partial charge in [-0.2, -0.15) is 0 Å². The van der Waals surface area contributed by atoms with Gasteiger partial charge in [0, 0.05) is 15.9 Å². The van der Waals surface area contributed by atoms with Gasteiger partial charge in [0.2, 0.25) is 5.91 Å². The van der Waals surface area contributed by atoms with Gasteiger partial charge in [-0.25, -0.2) is 0 Å². The molecule has 1 aromatic rings. The Morgan fingerprint density at radius 2 is 2.50 bits per heavy atom. The summed E-state index contributed by atoms with van der Waals surface area (Å²) >= 11 is 5.20. The quantitative estimate of drug-likeness (QED) is 0.908. The number of thiophene rings is 1. The summed E-state index contributed by atoms with van der Waals surface area (Å²) < 4.78 is 1.11. The Morgan fingerprint density at radius 3 is 3.19 bits per heavy atom. The van der Waals surface area contributed by atoms with Crippen LogP contribution in [-0.2, 0) is 11.3 Å². The average Bonchev–Trinajstić information content (AvgIpc) is 2.60. The molecule has 0 radical (unpaired) electrons. The minimum Gasteiger partial charge on any atom is -0.336 e. The summed E-state index contributed by atoms with van der Waals surface area (Å²) in [6.45, 7) is 4.43. The van der Waals surface area contributed by atoms with E-state index in [9.17, 15) is 4.79 Å². The number of carbonyl (C=O) groups is 1. The van der Waals surface area contributed by atoms with Gasteiger partial charge in [-0.1, -0.05) is 0 Å². The molecule has 16 heavy (non-hydrogen) atoms. The van der Waals surface area contributed by atoms with Crippen molar-refractivity contribution in [3.05, 3.63) is 20.8 Å². The van der Waals surface area contributed by atoms with E-state index in [-0.39, 0.29) is 11.9 Å². The first-order valence-electron chi connectivity index (χ1n) is 5.42. The first kappa shape index (κ1) is 12.1. The summed E-state index contributed by atoms with van der Waals surface area (Å²) in [4.78, 5) is 15.2. The summed E-state index contributed by atoms with van der Waals surface area (Å²) in [6, 6.07) is 1.98. The molecule has 1 fully saturated rings. The molecule has 1 N–H and O–H groups in total. The Hall–Kier alpha value is -0.390. The van der Waals surface area contributed by atoms with Crippen LogP contribution in [0.2, 0.25) is 0 Å². The number of amides is 1. The molecule has 1 aliphatic rings. The lowest BCUT2D eigenvalue weighted by molar-refractivity contribution is -0.132. The van der Waals surface area contributed by atoms with Crippen LogP contribution < -0.4 is 5.32 Å². The smallest absolute Gasteiger partial charge is 0.239 e. The van der Waals surface area contributed by atoms with Gasteiger partial charge in [-0.15, -0.1) is 11.3 Å². The number of hydrogen-bond donors (Lipinski definition) is 1. The van der Waals surface area contributed by atoms with E-state index in [0.717, 1.165) is 30.5 Å². The average molecular weight is 303 g/mol. The fourth-order valence-corrected chi connectivity index (χ4v) is 3.32. The number of nitrogens with zero attached hydrogens (tertiary/aromatic N) is 1. The van der Waals surface area contributed by atoms with Crippen LogP contribution in [0.25, 0.3) is 0 Å². The Balaban J connectivity index is 2.08. The maximum atomic E-state index is 12.0. The summed E-state index contributed by atoms with van der Waals surface area (Å²) in [6.07, 6.45) is 1.03. The maximum absolute atomic E-state index is 12.0. The van der Waals surface area contributed by atoms with Gasteiger partial charge in [-0.3, -0.25) is 4.79 Å². The first-order chi connectivity index (χ1) is 7.68. The van der Waals surface area contributed by atoms with Crippen LogP contribution in [0.1, 0.15) is 18.2 Å². The van der Waals surface area contributed by atoms with Gasteiger partial charge in [0.25, 0.3) is 0 Å². The highest BCUT2D eigenvalue weighted by molar-refractivity contribution is 9.10. The molecule has 0 aliphatic carbocycles. The maximum Gasteiger partial charge on any atom is 0.239 e. The molecule has 1 unspecified atom stereocenters. The van der Waals surface area contributed by atoms with E-state index >= 15 is 0 Å². The van der Waals surface area contributed by atoms with Crippen molar-refractivity contribution in [3.8, 4) is 0 Å². The van der Waals surface area contributed by atoms with Crippen LogP contribution in [0.4, 0.5) is 0 Å². The van der Waals surface area contributed by atoms with Crippen molar-refractivity contribution < 1.29 is 4.79 Å². The zero-order valence-corrected chi connectivity index (χ0v) is 11.6. The van der Waals surface area contributed by atoms with E-state index in [0.29, 0.717) is 0 Å². The molecule has 88 valence electrons. The van der Waals surface area contributed by atoms with Gasteiger partial charge in [-0.05, 0) is 47.3 Å². The molecule has 2 heterocycles. The molecule has 0 bridgehead atoms. The molecule has 1 saturated heterocycles. The fraction of sp³-hybridized carbons (Fsp3) is 0.545. The number of hydrogen-bond acceptors (Lipinski definition) is 3. The first-order valence-corrected chi connectivity index (χ1v) is 7.10. The molecule has 1 aliphatic heterocycles. The van der Waals surface area contributed by atoms with Crippen LogP contribution >= 0.6 is 27.3 Å². The standard InChI is InChI=1S/C11H15BrN2OS/c1-8-11(15)14(5-2-4-13-8)7-10-9(12)3-6-16-10/h3,6,8,13H,2,4-5,7H2,1H3. The Labute approximate surface area is 108 Å². The zero-order chi connectivity index (χ0) is 11.5. The van der Waals surface area contributed by atoms with E-state index in [2.05, 4.69) is 21.2 Å². The predicted molar refractivity (Wildman–Crippen MR) is 69.5 cm³/mol. The summed E-state index contributed by atoms with van der Waals surface area (Å²) in [7, 11) is 0. The lowest BCUT2D eigenvalue weighted by atomic mass is 10.3. The van der Waals surface area contributed by atoms with Crippen molar-refractivity contribution >= 4 is 33.2 Å². The third-order valence-electron chi connectivity index (χ3n) is 2.76. The van der Waals surface area contributed by atoms with Gasteiger partial charge in [0.1, 0.15) is 0 Å². The second-order valence-electron chi connectivity index (χ2n) is 3.98. The van der Waals surface area contributed by atoms with Crippen LogP contribution in [0.3, 0.4) is 0 Å². The largest absolute Gasteiger partial charge is 0.336 e. The van der Waals surface area contributed by atoms with Gasteiger partial charge < -0.3 is 10.2 Å². The summed E-state index contributed by atoms with van der Waals surface area (Å²) in [5.41, 5.74) is 0. The van der Waals surface area contributed by atoms with E-state index in [1.165, 1.54) is 4.88 Å². The molecular formula is C11H15BrN2OS. The highest BCUT2D eigenvalue weighted by Crippen LogP contribution is 2.24. The van der Waals surface area contributed by atoms with Crippen molar-refractivity contribution in [3.63, 3.8) is 0 Å². The molecule has 2 rings (SSSR count). The molecule has 0 spiro atoms. The number of halogens is 1. The minimum atomic E-state index is -0.0544. The topological polar surface area (TPSA) is 32.3 Å². The third-order valence-corrected chi connectivity index (χ3v) is 4.67. The molecule has 0 aromatic carbocycles. The third kappa shape index (κ3) is 2.64. The summed E-state index contributed by atoms with van der Waals surface area (Å²) in [5.74, 6) is 0.206.